The monoisotopic (exact) mass is 286 g/mol. The molecule has 2 atom stereocenters. The predicted molar refractivity (Wildman–Crippen MR) is 79.5 cm³/mol. The molecule has 1 rings (SSSR count). The number of aliphatic hydroxyl groups is 1. The van der Waals surface area contributed by atoms with Crippen molar-refractivity contribution in [3.8, 4) is 0 Å². The lowest BCUT2D eigenvalue weighted by Crippen LogP contribution is -2.41. The van der Waals surface area contributed by atoms with Crippen LogP contribution < -0.4 is 5.32 Å². The average Bonchev–Trinajstić information content (AvgIpc) is 2.58. The van der Waals surface area contributed by atoms with Crippen LogP contribution in [-0.4, -0.2) is 61.9 Å². The van der Waals surface area contributed by atoms with Crippen molar-refractivity contribution in [2.24, 2.45) is 11.8 Å². The molecule has 1 aliphatic rings. The molecular weight excluding hydrogens is 256 g/mol. The summed E-state index contributed by atoms with van der Waals surface area (Å²) in [6.07, 6.45) is 2.14. The Morgan fingerprint density at radius 3 is 2.85 bits per heavy atom. The first kappa shape index (κ1) is 17.4. The lowest BCUT2D eigenvalue weighted by atomic mass is 9.89. The minimum atomic E-state index is -0.508. The standard InChI is InChI=1S/C15H30N2O3/c1-12(2)13-4-5-15(19)17(8-6-13)11-14(18)10-16-7-9-20-3/h12-14,16,18H,4-11H2,1-3H3. The molecule has 20 heavy (non-hydrogen) atoms. The molecule has 1 fully saturated rings. The van der Waals surface area contributed by atoms with Crippen LogP contribution in [0.25, 0.3) is 0 Å². The van der Waals surface area contributed by atoms with E-state index in [1.165, 1.54) is 0 Å². The second-order valence-electron chi connectivity index (χ2n) is 6.02. The van der Waals surface area contributed by atoms with Gasteiger partial charge >= 0.3 is 0 Å². The van der Waals surface area contributed by atoms with E-state index in [2.05, 4.69) is 19.2 Å². The fourth-order valence-electron chi connectivity index (χ4n) is 2.68. The number of methoxy groups -OCH3 is 1. The van der Waals surface area contributed by atoms with Crippen LogP contribution in [0.4, 0.5) is 0 Å². The van der Waals surface area contributed by atoms with Crippen LogP contribution in [0.3, 0.4) is 0 Å². The summed E-state index contributed by atoms with van der Waals surface area (Å²) < 4.78 is 4.93. The number of nitrogens with one attached hydrogen (secondary N) is 1. The molecule has 5 nitrogen and oxygen atoms in total. The number of carbonyl (C=O) groups excluding carboxylic acids is 1. The van der Waals surface area contributed by atoms with Gasteiger partial charge in [-0.2, -0.15) is 0 Å². The van der Waals surface area contributed by atoms with E-state index in [1.54, 1.807) is 7.11 Å². The van der Waals surface area contributed by atoms with Gasteiger partial charge in [-0.15, -0.1) is 0 Å². The second kappa shape index (κ2) is 9.32. The molecule has 0 spiro atoms. The van der Waals surface area contributed by atoms with Crippen molar-refractivity contribution in [2.45, 2.75) is 39.2 Å². The molecule has 5 heteroatoms. The maximum Gasteiger partial charge on any atom is 0.222 e. The molecule has 2 N–H and O–H groups in total. The van der Waals surface area contributed by atoms with Gasteiger partial charge in [0.2, 0.25) is 5.91 Å². The van der Waals surface area contributed by atoms with Gasteiger partial charge < -0.3 is 20.1 Å². The summed E-state index contributed by atoms with van der Waals surface area (Å²) in [6.45, 7) is 7.50. The molecule has 0 bridgehead atoms. The largest absolute Gasteiger partial charge is 0.390 e. The lowest BCUT2D eigenvalue weighted by Gasteiger charge is -2.24. The molecule has 0 aromatic heterocycles. The maximum atomic E-state index is 12.1. The maximum absolute atomic E-state index is 12.1. The van der Waals surface area contributed by atoms with Gasteiger partial charge in [-0.3, -0.25) is 4.79 Å². The average molecular weight is 286 g/mol. The molecular formula is C15H30N2O3. The van der Waals surface area contributed by atoms with E-state index >= 15 is 0 Å². The Morgan fingerprint density at radius 1 is 1.45 bits per heavy atom. The highest BCUT2D eigenvalue weighted by Gasteiger charge is 2.25. The summed E-state index contributed by atoms with van der Waals surface area (Å²) in [5, 5.41) is 13.1. The van der Waals surface area contributed by atoms with Crippen molar-refractivity contribution in [1.29, 1.82) is 0 Å². The van der Waals surface area contributed by atoms with Gasteiger partial charge in [-0.1, -0.05) is 13.8 Å². The van der Waals surface area contributed by atoms with Crippen LogP contribution >= 0.6 is 0 Å². The first-order valence-corrected chi connectivity index (χ1v) is 7.70. The molecule has 118 valence electrons. The Kier molecular flexibility index (Phi) is 8.11. The van der Waals surface area contributed by atoms with Gasteiger partial charge in [0.1, 0.15) is 0 Å². The summed E-state index contributed by atoms with van der Waals surface area (Å²) in [4.78, 5) is 13.9. The highest BCUT2D eigenvalue weighted by molar-refractivity contribution is 5.76. The number of likely N-dealkylation sites (tertiary alicyclic amines) is 1. The van der Waals surface area contributed by atoms with Crippen LogP contribution in [0.15, 0.2) is 0 Å². The molecule has 0 aliphatic carbocycles. The highest BCUT2D eigenvalue weighted by atomic mass is 16.5. The Hall–Kier alpha value is -0.650. The van der Waals surface area contributed by atoms with Gasteiger partial charge in [0, 0.05) is 39.7 Å². The Bertz CT molecular complexity index is 284. The predicted octanol–water partition coefficient (Wildman–Crippen LogP) is 0.868. The van der Waals surface area contributed by atoms with E-state index in [0.717, 1.165) is 25.9 Å². The zero-order chi connectivity index (χ0) is 15.0. The second-order valence-corrected chi connectivity index (χ2v) is 6.02. The van der Waals surface area contributed by atoms with Crippen LogP contribution in [0.2, 0.25) is 0 Å². The molecule has 0 saturated carbocycles. The SMILES string of the molecule is COCCNCC(O)CN1CCC(C(C)C)CCC1=O. The van der Waals surface area contributed by atoms with Crippen molar-refractivity contribution in [1.82, 2.24) is 10.2 Å². The summed E-state index contributed by atoms with van der Waals surface area (Å²) in [6, 6.07) is 0. The number of hydrogen-bond acceptors (Lipinski definition) is 4. The molecule has 1 saturated heterocycles. The van der Waals surface area contributed by atoms with Crippen LogP contribution in [0.1, 0.15) is 33.1 Å². The summed E-state index contributed by atoms with van der Waals surface area (Å²) in [7, 11) is 1.65. The van der Waals surface area contributed by atoms with Gasteiger partial charge in [-0.25, -0.2) is 0 Å². The number of aliphatic hydroxyl groups excluding tert-OH is 1. The van der Waals surface area contributed by atoms with Gasteiger partial charge in [-0.05, 0) is 24.7 Å². The third kappa shape index (κ3) is 6.20. The fourth-order valence-corrected chi connectivity index (χ4v) is 2.68. The van der Waals surface area contributed by atoms with Crippen LogP contribution in [0.5, 0.6) is 0 Å². The van der Waals surface area contributed by atoms with E-state index in [-0.39, 0.29) is 5.91 Å². The van der Waals surface area contributed by atoms with Crippen molar-refractivity contribution in [2.75, 3.05) is 39.9 Å². The number of rotatable bonds is 8. The van der Waals surface area contributed by atoms with Crippen molar-refractivity contribution >= 4 is 5.91 Å². The minimum Gasteiger partial charge on any atom is -0.390 e. The Balaban J connectivity index is 2.32. The summed E-state index contributed by atoms with van der Waals surface area (Å²) in [5.41, 5.74) is 0. The zero-order valence-electron chi connectivity index (χ0n) is 13.1. The third-order valence-corrected chi connectivity index (χ3v) is 4.09. The first-order valence-electron chi connectivity index (χ1n) is 7.70. The van der Waals surface area contributed by atoms with Crippen molar-refractivity contribution in [3.05, 3.63) is 0 Å². The summed E-state index contributed by atoms with van der Waals surface area (Å²) in [5.74, 6) is 1.44. The van der Waals surface area contributed by atoms with Crippen molar-refractivity contribution < 1.29 is 14.6 Å². The third-order valence-electron chi connectivity index (χ3n) is 4.09. The van der Waals surface area contributed by atoms with E-state index in [0.29, 0.717) is 38.0 Å². The Morgan fingerprint density at radius 2 is 2.20 bits per heavy atom. The van der Waals surface area contributed by atoms with E-state index in [4.69, 9.17) is 4.74 Å². The molecule has 2 unspecified atom stereocenters. The zero-order valence-corrected chi connectivity index (χ0v) is 13.1. The van der Waals surface area contributed by atoms with Crippen LogP contribution in [-0.2, 0) is 9.53 Å². The molecule has 0 radical (unpaired) electrons. The van der Waals surface area contributed by atoms with Gasteiger partial charge in [0.05, 0.1) is 12.7 Å². The number of β-amino-alcohol motifs (C(OH)–C–C–N with tert-alkyl or cyclic N) is 1. The summed E-state index contributed by atoms with van der Waals surface area (Å²) >= 11 is 0. The normalized spacial score (nSPS) is 22.1. The first-order chi connectivity index (χ1) is 9.54. The highest BCUT2D eigenvalue weighted by Crippen LogP contribution is 2.25. The number of nitrogens with zero attached hydrogens (tertiary/aromatic N) is 1. The van der Waals surface area contributed by atoms with Crippen molar-refractivity contribution in [3.63, 3.8) is 0 Å². The van der Waals surface area contributed by atoms with Crippen LogP contribution in [0, 0.1) is 11.8 Å². The molecule has 1 aliphatic heterocycles. The molecule has 1 amide bonds. The van der Waals surface area contributed by atoms with E-state index in [9.17, 15) is 9.90 Å². The van der Waals surface area contributed by atoms with Gasteiger partial charge in [0.15, 0.2) is 0 Å². The quantitative estimate of drug-likeness (QED) is 0.650. The number of ether oxygens (including phenoxy) is 1. The van der Waals surface area contributed by atoms with E-state index in [1.807, 2.05) is 4.90 Å². The topological polar surface area (TPSA) is 61.8 Å². The minimum absolute atomic E-state index is 0.184. The smallest absolute Gasteiger partial charge is 0.222 e. The lowest BCUT2D eigenvalue weighted by molar-refractivity contribution is -0.132. The van der Waals surface area contributed by atoms with E-state index < -0.39 is 6.10 Å². The Labute approximate surface area is 122 Å². The fraction of sp³-hybridized carbons (Fsp3) is 0.933. The number of hydrogen-bond donors (Lipinski definition) is 2. The molecule has 0 aromatic rings. The number of carbonyl (C=O) groups is 1. The molecule has 1 heterocycles. The molecule has 0 aromatic carbocycles. The van der Waals surface area contributed by atoms with Gasteiger partial charge in [0.25, 0.3) is 0 Å². The number of amides is 1.